The van der Waals surface area contributed by atoms with Gasteiger partial charge in [-0.1, -0.05) is 18.2 Å². The number of fused-ring (bicyclic) bond motifs is 1. The summed E-state index contributed by atoms with van der Waals surface area (Å²) < 4.78 is 12.4. The molecule has 0 amide bonds. The van der Waals surface area contributed by atoms with Gasteiger partial charge in [0.1, 0.15) is 6.73 Å². The minimum Gasteiger partial charge on any atom is -0.383 e. The topological polar surface area (TPSA) is 35.4 Å². The molecule has 0 aliphatic rings. The van der Waals surface area contributed by atoms with E-state index in [4.69, 9.17) is 9.47 Å². The first-order chi connectivity index (χ1) is 8.86. The van der Waals surface area contributed by atoms with Crippen molar-refractivity contribution < 1.29 is 9.47 Å². The summed E-state index contributed by atoms with van der Waals surface area (Å²) in [6.07, 6.45) is 2.06. The van der Waals surface area contributed by atoms with Crippen LogP contribution < -0.4 is 5.32 Å². The Bertz CT molecular complexity index is 493. The normalized spacial score (nSPS) is 11.2. The third kappa shape index (κ3) is 2.90. The fourth-order valence-corrected chi connectivity index (χ4v) is 2.13. The minimum absolute atomic E-state index is 0.582. The van der Waals surface area contributed by atoms with Crippen molar-refractivity contribution in [2.45, 2.75) is 13.3 Å². The molecule has 0 spiro atoms. The summed E-state index contributed by atoms with van der Waals surface area (Å²) in [7, 11) is 3.43. The molecule has 0 bridgehead atoms. The highest BCUT2D eigenvalue weighted by molar-refractivity contribution is 5.83. The Morgan fingerprint density at radius 1 is 1.17 bits per heavy atom. The van der Waals surface area contributed by atoms with Crippen LogP contribution in [0.15, 0.2) is 30.5 Å². The van der Waals surface area contributed by atoms with Gasteiger partial charge in [-0.05, 0) is 17.0 Å². The maximum atomic E-state index is 5.21. The van der Waals surface area contributed by atoms with E-state index in [1.807, 2.05) is 0 Å². The van der Waals surface area contributed by atoms with E-state index in [2.05, 4.69) is 40.3 Å². The van der Waals surface area contributed by atoms with Crippen LogP contribution in [0.25, 0.3) is 10.9 Å². The van der Waals surface area contributed by atoms with Gasteiger partial charge in [0.05, 0.1) is 12.1 Å². The van der Waals surface area contributed by atoms with Crippen LogP contribution in [0.3, 0.4) is 0 Å². The predicted molar refractivity (Wildman–Crippen MR) is 72.5 cm³/mol. The Morgan fingerprint density at radius 2 is 2.06 bits per heavy atom. The number of ether oxygens (including phenoxy) is 2. The third-order valence-corrected chi connectivity index (χ3v) is 2.94. The van der Waals surface area contributed by atoms with E-state index in [1.165, 1.54) is 16.5 Å². The molecular formula is C14H20N2O2. The summed E-state index contributed by atoms with van der Waals surface area (Å²) in [5.41, 5.74) is 2.52. The van der Waals surface area contributed by atoms with Gasteiger partial charge in [0, 0.05) is 33.5 Å². The van der Waals surface area contributed by atoms with Crippen molar-refractivity contribution >= 4 is 10.9 Å². The van der Waals surface area contributed by atoms with E-state index in [0.29, 0.717) is 6.73 Å². The van der Waals surface area contributed by atoms with E-state index < -0.39 is 0 Å². The first kappa shape index (κ1) is 13.1. The van der Waals surface area contributed by atoms with Gasteiger partial charge in [0.15, 0.2) is 0 Å². The van der Waals surface area contributed by atoms with Crippen molar-refractivity contribution in [3.05, 3.63) is 36.0 Å². The van der Waals surface area contributed by atoms with Crippen LogP contribution >= 0.6 is 0 Å². The van der Waals surface area contributed by atoms with Gasteiger partial charge in [-0.25, -0.2) is 0 Å². The molecule has 1 heterocycles. The molecule has 1 aromatic carbocycles. The fraction of sp³-hybridized carbons (Fsp3) is 0.429. The quantitative estimate of drug-likeness (QED) is 0.761. The summed E-state index contributed by atoms with van der Waals surface area (Å²) in [6, 6.07) is 8.48. The van der Waals surface area contributed by atoms with E-state index >= 15 is 0 Å². The number of nitrogens with zero attached hydrogens (tertiary/aromatic N) is 1. The minimum atomic E-state index is 0.582. The van der Waals surface area contributed by atoms with Crippen molar-refractivity contribution in [3.8, 4) is 0 Å². The molecule has 0 unspecified atom stereocenters. The molecule has 0 saturated heterocycles. The molecule has 4 nitrogen and oxygen atoms in total. The number of benzene rings is 1. The van der Waals surface area contributed by atoms with Gasteiger partial charge in [0.2, 0.25) is 0 Å². The Labute approximate surface area is 107 Å². The highest BCUT2D eigenvalue weighted by atomic mass is 16.5. The second-order valence-electron chi connectivity index (χ2n) is 4.23. The monoisotopic (exact) mass is 248 g/mol. The van der Waals surface area contributed by atoms with Crippen LogP contribution in [0.2, 0.25) is 0 Å². The molecule has 0 aliphatic heterocycles. The van der Waals surface area contributed by atoms with Crippen LogP contribution in [0, 0.1) is 0 Å². The molecule has 0 saturated carbocycles. The number of aromatic nitrogens is 1. The zero-order valence-electron chi connectivity index (χ0n) is 11.0. The van der Waals surface area contributed by atoms with E-state index in [1.54, 1.807) is 14.2 Å². The van der Waals surface area contributed by atoms with Crippen molar-refractivity contribution in [2.75, 3.05) is 27.4 Å². The number of rotatable bonds is 7. The number of para-hydroxylation sites is 1. The summed E-state index contributed by atoms with van der Waals surface area (Å²) >= 11 is 0. The smallest absolute Gasteiger partial charge is 0.122 e. The van der Waals surface area contributed by atoms with Crippen molar-refractivity contribution in [1.29, 1.82) is 0 Å². The van der Waals surface area contributed by atoms with E-state index in [0.717, 1.165) is 19.7 Å². The number of hydrogen-bond acceptors (Lipinski definition) is 3. The van der Waals surface area contributed by atoms with Crippen LogP contribution in [0.4, 0.5) is 0 Å². The summed E-state index contributed by atoms with van der Waals surface area (Å²) in [6.45, 7) is 3.01. The van der Waals surface area contributed by atoms with Gasteiger partial charge < -0.3 is 19.4 Å². The van der Waals surface area contributed by atoms with E-state index in [9.17, 15) is 0 Å². The Morgan fingerprint density at radius 3 is 2.83 bits per heavy atom. The third-order valence-electron chi connectivity index (χ3n) is 2.94. The maximum absolute atomic E-state index is 5.21. The van der Waals surface area contributed by atoms with Crippen molar-refractivity contribution in [2.24, 2.45) is 0 Å². The SMILES string of the molecule is COCCNCc1cccc2ccn(COC)c12. The Balaban J connectivity index is 2.17. The summed E-state index contributed by atoms with van der Waals surface area (Å²) in [4.78, 5) is 0. The largest absolute Gasteiger partial charge is 0.383 e. The standard InChI is InChI=1S/C14H20N2O2/c1-17-9-7-15-10-13-5-3-4-12-6-8-16(11-18-2)14(12)13/h3-6,8,15H,7,9-11H2,1-2H3. The lowest BCUT2D eigenvalue weighted by Gasteiger charge is -2.10. The molecule has 2 aromatic rings. The molecule has 18 heavy (non-hydrogen) atoms. The van der Waals surface area contributed by atoms with Crippen molar-refractivity contribution in [1.82, 2.24) is 9.88 Å². The first-order valence-corrected chi connectivity index (χ1v) is 6.12. The molecule has 1 aromatic heterocycles. The number of hydrogen-bond donors (Lipinski definition) is 1. The summed E-state index contributed by atoms with van der Waals surface area (Å²) in [5.74, 6) is 0. The molecule has 2 rings (SSSR count). The van der Waals surface area contributed by atoms with Crippen molar-refractivity contribution in [3.63, 3.8) is 0 Å². The lowest BCUT2D eigenvalue weighted by atomic mass is 10.1. The molecule has 4 heteroatoms. The number of nitrogens with one attached hydrogen (secondary N) is 1. The molecule has 0 fully saturated rings. The molecule has 98 valence electrons. The first-order valence-electron chi connectivity index (χ1n) is 6.12. The molecular weight excluding hydrogens is 228 g/mol. The Hall–Kier alpha value is -1.36. The van der Waals surface area contributed by atoms with Gasteiger partial charge in [-0.3, -0.25) is 0 Å². The Kier molecular flexibility index (Phi) is 4.75. The predicted octanol–water partition coefficient (Wildman–Crippen LogP) is 1.98. The second kappa shape index (κ2) is 6.54. The van der Waals surface area contributed by atoms with Gasteiger partial charge in [-0.2, -0.15) is 0 Å². The average molecular weight is 248 g/mol. The lowest BCUT2D eigenvalue weighted by molar-refractivity contribution is 0.134. The number of methoxy groups -OCH3 is 2. The second-order valence-corrected chi connectivity index (χ2v) is 4.23. The van der Waals surface area contributed by atoms with Gasteiger partial charge >= 0.3 is 0 Å². The molecule has 1 N–H and O–H groups in total. The highest BCUT2D eigenvalue weighted by Gasteiger charge is 2.05. The fourth-order valence-electron chi connectivity index (χ4n) is 2.13. The van der Waals surface area contributed by atoms with Crippen LogP contribution in [0.5, 0.6) is 0 Å². The van der Waals surface area contributed by atoms with Gasteiger partial charge in [-0.15, -0.1) is 0 Å². The highest BCUT2D eigenvalue weighted by Crippen LogP contribution is 2.20. The molecule has 0 atom stereocenters. The van der Waals surface area contributed by atoms with E-state index in [-0.39, 0.29) is 0 Å². The molecule has 0 aliphatic carbocycles. The summed E-state index contributed by atoms with van der Waals surface area (Å²) in [5, 5.41) is 4.62. The lowest BCUT2D eigenvalue weighted by Crippen LogP contribution is -2.19. The van der Waals surface area contributed by atoms with Crippen LogP contribution in [0.1, 0.15) is 5.56 Å². The molecule has 0 radical (unpaired) electrons. The van der Waals surface area contributed by atoms with Crippen LogP contribution in [-0.2, 0) is 22.7 Å². The average Bonchev–Trinajstić information content (AvgIpc) is 2.79. The maximum Gasteiger partial charge on any atom is 0.122 e. The zero-order valence-corrected chi connectivity index (χ0v) is 11.0. The van der Waals surface area contributed by atoms with Gasteiger partial charge in [0.25, 0.3) is 0 Å². The van der Waals surface area contributed by atoms with Crippen LogP contribution in [-0.4, -0.2) is 31.9 Å². The zero-order chi connectivity index (χ0) is 12.8.